The van der Waals surface area contributed by atoms with E-state index in [4.69, 9.17) is 0 Å². The second-order valence-corrected chi connectivity index (χ2v) is 8.02. The molecule has 6 heteroatoms. The van der Waals surface area contributed by atoms with Crippen LogP contribution in [0.3, 0.4) is 0 Å². The monoisotopic (exact) mass is 379 g/mol. The molecule has 2 aromatic rings. The number of rotatable bonds is 4. The van der Waals surface area contributed by atoms with Gasteiger partial charge in [-0.2, -0.15) is 0 Å². The molecule has 0 spiro atoms. The number of benzene rings is 1. The first-order valence-electron chi connectivity index (χ1n) is 10.3. The Morgan fingerprint density at radius 1 is 1.04 bits per heavy atom. The molecular formula is C22H29N5O. The van der Waals surface area contributed by atoms with Crippen molar-refractivity contribution in [3.8, 4) is 0 Å². The maximum atomic E-state index is 12.8. The minimum atomic E-state index is 0.0397. The van der Waals surface area contributed by atoms with Crippen molar-refractivity contribution >= 4 is 11.9 Å². The zero-order valence-corrected chi connectivity index (χ0v) is 16.6. The van der Waals surface area contributed by atoms with Gasteiger partial charge in [0, 0.05) is 58.2 Å². The fourth-order valence-electron chi connectivity index (χ4n) is 4.10. The maximum Gasteiger partial charge on any atom is 0.257 e. The number of anilines is 1. The average Bonchev–Trinajstić information content (AvgIpc) is 2.75. The third-order valence-corrected chi connectivity index (χ3v) is 5.73. The quantitative estimate of drug-likeness (QED) is 0.818. The summed E-state index contributed by atoms with van der Waals surface area (Å²) in [5.41, 5.74) is 1.91. The van der Waals surface area contributed by atoms with Gasteiger partial charge in [0.1, 0.15) is 0 Å². The molecule has 4 rings (SSSR count). The fourth-order valence-corrected chi connectivity index (χ4v) is 4.10. The van der Waals surface area contributed by atoms with Crippen LogP contribution in [-0.4, -0.2) is 64.9 Å². The molecule has 1 amide bonds. The van der Waals surface area contributed by atoms with Crippen LogP contribution in [0.1, 0.15) is 35.7 Å². The summed E-state index contributed by atoms with van der Waals surface area (Å²) >= 11 is 0. The first-order chi connectivity index (χ1) is 13.7. The van der Waals surface area contributed by atoms with Crippen LogP contribution in [0.5, 0.6) is 0 Å². The van der Waals surface area contributed by atoms with Gasteiger partial charge in [-0.05, 0) is 24.3 Å². The second-order valence-electron chi connectivity index (χ2n) is 8.02. The molecule has 0 saturated carbocycles. The Labute approximate surface area is 167 Å². The average molecular weight is 380 g/mol. The molecule has 2 aliphatic rings. The molecule has 1 aromatic heterocycles. The smallest absolute Gasteiger partial charge is 0.257 e. The first-order valence-corrected chi connectivity index (χ1v) is 10.3. The van der Waals surface area contributed by atoms with Gasteiger partial charge in [-0.15, -0.1) is 0 Å². The van der Waals surface area contributed by atoms with E-state index in [0.717, 1.165) is 51.8 Å². The Bertz CT molecular complexity index is 771. The predicted molar refractivity (Wildman–Crippen MR) is 110 cm³/mol. The number of carbonyl (C=O) groups excluding carboxylic acids is 1. The summed E-state index contributed by atoms with van der Waals surface area (Å²) in [6.45, 7) is 8.48. The van der Waals surface area contributed by atoms with E-state index >= 15 is 0 Å². The molecule has 0 radical (unpaired) electrons. The van der Waals surface area contributed by atoms with Crippen LogP contribution >= 0.6 is 0 Å². The minimum Gasteiger partial charge on any atom is -0.341 e. The number of aromatic nitrogens is 2. The summed E-state index contributed by atoms with van der Waals surface area (Å²) in [7, 11) is 0. The highest BCUT2D eigenvalue weighted by Gasteiger charge is 2.23. The molecular weight excluding hydrogens is 350 g/mol. The lowest BCUT2D eigenvalue weighted by Gasteiger charge is -2.34. The number of amides is 1. The Balaban J connectivity index is 1.31. The van der Waals surface area contributed by atoms with Gasteiger partial charge >= 0.3 is 0 Å². The Kier molecular flexibility index (Phi) is 5.86. The largest absolute Gasteiger partial charge is 0.341 e. The van der Waals surface area contributed by atoms with Gasteiger partial charge in [0.15, 0.2) is 0 Å². The van der Waals surface area contributed by atoms with Crippen molar-refractivity contribution in [1.29, 1.82) is 0 Å². The number of carbonyl (C=O) groups is 1. The maximum absolute atomic E-state index is 12.8. The van der Waals surface area contributed by atoms with Crippen molar-refractivity contribution in [3.05, 3.63) is 53.9 Å². The van der Waals surface area contributed by atoms with Crippen LogP contribution in [0.2, 0.25) is 0 Å². The number of nitrogens with zero attached hydrogens (tertiary/aromatic N) is 5. The standard InChI is InChI=1S/C22H29N5O/c1-18-6-5-9-27(16-18)22-23-14-20(15-24-22)21(28)26-12-10-25(11-13-26)17-19-7-3-2-4-8-19/h2-4,7-8,14-15,18H,5-6,9-13,16-17H2,1H3. The van der Waals surface area contributed by atoms with Crippen LogP contribution in [-0.2, 0) is 6.54 Å². The van der Waals surface area contributed by atoms with E-state index in [1.807, 2.05) is 11.0 Å². The van der Waals surface area contributed by atoms with Crippen LogP contribution in [0, 0.1) is 5.92 Å². The zero-order valence-electron chi connectivity index (χ0n) is 16.6. The van der Waals surface area contributed by atoms with E-state index in [2.05, 4.69) is 51.0 Å². The van der Waals surface area contributed by atoms with Crippen molar-refractivity contribution < 1.29 is 4.79 Å². The normalized spacial score (nSPS) is 21.0. The molecule has 0 aliphatic carbocycles. The second kappa shape index (κ2) is 8.69. The molecule has 148 valence electrons. The van der Waals surface area contributed by atoms with Crippen molar-refractivity contribution in [2.75, 3.05) is 44.2 Å². The lowest BCUT2D eigenvalue weighted by atomic mass is 10.0. The molecule has 0 bridgehead atoms. The van der Waals surface area contributed by atoms with E-state index in [0.29, 0.717) is 11.5 Å². The summed E-state index contributed by atoms with van der Waals surface area (Å²) in [5, 5.41) is 0. The third-order valence-electron chi connectivity index (χ3n) is 5.73. The highest BCUT2D eigenvalue weighted by atomic mass is 16.2. The van der Waals surface area contributed by atoms with Gasteiger partial charge < -0.3 is 9.80 Å². The van der Waals surface area contributed by atoms with E-state index in [-0.39, 0.29) is 5.91 Å². The lowest BCUT2D eigenvalue weighted by molar-refractivity contribution is 0.0627. The highest BCUT2D eigenvalue weighted by molar-refractivity contribution is 5.93. The number of piperazine rings is 1. The topological polar surface area (TPSA) is 52.6 Å². The summed E-state index contributed by atoms with van der Waals surface area (Å²) < 4.78 is 0. The highest BCUT2D eigenvalue weighted by Crippen LogP contribution is 2.20. The van der Waals surface area contributed by atoms with Gasteiger partial charge in [0.2, 0.25) is 5.95 Å². The van der Waals surface area contributed by atoms with Crippen LogP contribution in [0.4, 0.5) is 5.95 Å². The lowest BCUT2D eigenvalue weighted by Crippen LogP contribution is -2.48. The molecule has 1 atom stereocenters. The summed E-state index contributed by atoms with van der Waals surface area (Å²) in [5.74, 6) is 1.46. The summed E-state index contributed by atoms with van der Waals surface area (Å²) in [4.78, 5) is 28.3. The van der Waals surface area contributed by atoms with Gasteiger partial charge in [-0.25, -0.2) is 9.97 Å². The fraction of sp³-hybridized carbons (Fsp3) is 0.500. The molecule has 1 aromatic carbocycles. The van der Waals surface area contributed by atoms with Crippen molar-refractivity contribution in [1.82, 2.24) is 19.8 Å². The van der Waals surface area contributed by atoms with E-state index in [9.17, 15) is 4.79 Å². The van der Waals surface area contributed by atoms with Gasteiger partial charge in [0.25, 0.3) is 5.91 Å². The molecule has 2 fully saturated rings. The number of hydrogen-bond acceptors (Lipinski definition) is 5. The van der Waals surface area contributed by atoms with Crippen LogP contribution in [0.15, 0.2) is 42.7 Å². The van der Waals surface area contributed by atoms with Crippen molar-refractivity contribution in [3.63, 3.8) is 0 Å². The first kappa shape index (κ1) is 18.9. The van der Waals surface area contributed by atoms with Gasteiger partial charge in [0.05, 0.1) is 5.56 Å². The van der Waals surface area contributed by atoms with Crippen molar-refractivity contribution in [2.45, 2.75) is 26.3 Å². The van der Waals surface area contributed by atoms with Crippen molar-refractivity contribution in [2.24, 2.45) is 5.92 Å². The van der Waals surface area contributed by atoms with E-state index in [1.54, 1.807) is 12.4 Å². The third kappa shape index (κ3) is 4.50. The number of piperidine rings is 1. The summed E-state index contributed by atoms with van der Waals surface area (Å²) in [6, 6.07) is 10.5. The predicted octanol–water partition coefficient (Wildman–Crippen LogP) is 2.67. The Morgan fingerprint density at radius 2 is 1.75 bits per heavy atom. The Morgan fingerprint density at radius 3 is 2.43 bits per heavy atom. The van der Waals surface area contributed by atoms with Crippen LogP contribution < -0.4 is 4.90 Å². The Hall–Kier alpha value is -2.47. The summed E-state index contributed by atoms with van der Waals surface area (Å²) in [6.07, 6.45) is 5.84. The molecule has 2 aliphatic heterocycles. The van der Waals surface area contributed by atoms with E-state index in [1.165, 1.54) is 18.4 Å². The number of hydrogen-bond donors (Lipinski definition) is 0. The minimum absolute atomic E-state index is 0.0397. The molecule has 1 unspecified atom stereocenters. The SMILES string of the molecule is CC1CCCN(c2ncc(C(=O)N3CCN(Cc4ccccc4)CC3)cn2)C1. The molecule has 6 nitrogen and oxygen atoms in total. The van der Waals surface area contributed by atoms with Gasteiger partial charge in [-0.1, -0.05) is 37.3 Å². The van der Waals surface area contributed by atoms with E-state index < -0.39 is 0 Å². The van der Waals surface area contributed by atoms with Crippen LogP contribution in [0.25, 0.3) is 0 Å². The molecule has 3 heterocycles. The molecule has 28 heavy (non-hydrogen) atoms. The van der Waals surface area contributed by atoms with Gasteiger partial charge in [-0.3, -0.25) is 9.69 Å². The zero-order chi connectivity index (χ0) is 19.3. The molecule has 2 saturated heterocycles. The molecule has 0 N–H and O–H groups in total.